The Morgan fingerprint density at radius 2 is 2.35 bits per heavy atom. The summed E-state index contributed by atoms with van der Waals surface area (Å²) in [6, 6.07) is 0. The van der Waals surface area contributed by atoms with Crippen LogP contribution >= 0.6 is 0 Å². The van der Waals surface area contributed by atoms with Gasteiger partial charge in [0.05, 0.1) is 6.33 Å². The van der Waals surface area contributed by atoms with E-state index >= 15 is 0 Å². The maximum Gasteiger partial charge on any atom is 0.188 e. The first-order valence-corrected chi connectivity index (χ1v) is 6.18. The summed E-state index contributed by atoms with van der Waals surface area (Å²) in [7, 11) is 0. The maximum atomic E-state index is 5.74. The molecule has 0 aliphatic carbocycles. The van der Waals surface area contributed by atoms with Crippen LogP contribution in [0.5, 0.6) is 0 Å². The number of imidazole rings is 1. The van der Waals surface area contributed by atoms with Gasteiger partial charge in [-0.2, -0.15) is 0 Å². The molecule has 0 aliphatic rings. The lowest BCUT2D eigenvalue weighted by atomic mass is 10.1. The van der Waals surface area contributed by atoms with Gasteiger partial charge in [-0.1, -0.05) is 13.8 Å². The molecule has 0 aliphatic heterocycles. The van der Waals surface area contributed by atoms with E-state index in [4.69, 9.17) is 5.73 Å². The number of hydrogen-bond donors (Lipinski definition) is 2. The zero-order valence-electron chi connectivity index (χ0n) is 10.8. The highest BCUT2D eigenvalue weighted by atomic mass is 15.1. The quantitative estimate of drug-likeness (QED) is 0.426. The summed E-state index contributed by atoms with van der Waals surface area (Å²) in [5.74, 6) is 1.24. The zero-order valence-corrected chi connectivity index (χ0v) is 10.8. The molecule has 0 unspecified atom stereocenters. The molecule has 0 spiro atoms. The van der Waals surface area contributed by atoms with Gasteiger partial charge in [-0.05, 0) is 18.8 Å². The van der Waals surface area contributed by atoms with Crippen molar-refractivity contribution in [3.05, 3.63) is 18.7 Å². The third kappa shape index (κ3) is 6.60. The molecule has 0 amide bonds. The van der Waals surface area contributed by atoms with Crippen molar-refractivity contribution in [2.45, 2.75) is 33.2 Å². The van der Waals surface area contributed by atoms with Crippen LogP contribution in [0.4, 0.5) is 0 Å². The second kappa shape index (κ2) is 7.70. The molecule has 0 saturated carbocycles. The van der Waals surface area contributed by atoms with Crippen LogP contribution in [0, 0.1) is 5.92 Å². The predicted molar refractivity (Wildman–Crippen MR) is 70.8 cm³/mol. The fraction of sp³-hybridized carbons (Fsp3) is 0.667. The van der Waals surface area contributed by atoms with Crippen LogP contribution in [0.3, 0.4) is 0 Å². The van der Waals surface area contributed by atoms with Crippen molar-refractivity contribution in [3.8, 4) is 0 Å². The van der Waals surface area contributed by atoms with Crippen molar-refractivity contribution in [3.63, 3.8) is 0 Å². The lowest BCUT2D eigenvalue weighted by Gasteiger charge is -2.07. The second-order valence-electron chi connectivity index (χ2n) is 4.53. The summed E-state index contributed by atoms with van der Waals surface area (Å²) in [6.07, 6.45) is 7.64. The number of nitrogens with zero attached hydrogens (tertiary/aromatic N) is 3. The fourth-order valence-corrected chi connectivity index (χ4v) is 1.42. The van der Waals surface area contributed by atoms with Crippen molar-refractivity contribution >= 4 is 5.96 Å². The Morgan fingerprint density at radius 1 is 1.53 bits per heavy atom. The predicted octanol–water partition coefficient (Wildman–Crippen LogP) is 1.22. The van der Waals surface area contributed by atoms with Crippen molar-refractivity contribution < 1.29 is 0 Å². The number of rotatable bonds is 7. The molecular formula is C12H23N5. The Labute approximate surface area is 103 Å². The summed E-state index contributed by atoms with van der Waals surface area (Å²) in [4.78, 5) is 8.25. The first-order chi connectivity index (χ1) is 8.18. The summed E-state index contributed by atoms with van der Waals surface area (Å²) in [5, 5.41) is 3.12. The van der Waals surface area contributed by atoms with Crippen LogP contribution in [0.1, 0.15) is 26.7 Å². The molecule has 0 radical (unpaired) electrons. The average Bonchev–Trinajstić information content (AvgIpc) is 2.76. The molecule has 5 nitrogen and oxygen atoms in total. The third-order valence-electron chi connectivity index (χ3n) is 2.44. The average molecular weight is 237 g/mol. The van der Waals surface area contributed by atoms with Crippen molar-refractivity contribution in [1.29, 1.82) is 0 Å². The highest BCUT2D eigenvalue weighted by Crippen LogP contribution is 1.96. The minimum Gasteiger partial charge on any atom is -0.370 e. The van der Waals surface area contributed by atoms with E-state index in [2.05, 4.69) is 29.1 Å². The van der Waals surface area contributed by atoms with Gasteiger partial charge >= 0.3 is 0 Å². The molecule has 5 heteroatoms. The fourth-order valence-electron chi connectivity index (χ4n) is 1.42. The van der Waals surface area contributed by atoms with Gasteiger partial charge < -0.3 is 15.6 Å². The van der Waals surface area contributed by atoms with E-state index in [1.807, 2.05) is 17.1 Å². The summed E-state index contributed by atoms with van der Waals surface area (Å²) in [5.41, 5.74) is 5.74. The first kappa shape index (κ1) is 13.5. The number of hydrogen-bond acceptors (Lipinski definition) is 2. The molecule has 0 saturated heterocycles. The Morgan fingerprint density at radius 3 is 3.00 bits per heavy atom. The minimum absolute atomic E-state index is 0.552. The molecule has 96 valence electrons. The Bertz CT molecular complexity index is 316. The Balaban J connectivity index is 2.07. The van der Waals surface area contributed by atoms with Gasteiger partial charge in [-0.15, -0.1) is 0 Å². The van der Waals surface area contributed by atoms with Crippen molar-refractivity contribution in [1.82, 2.24) is 14.9 Å². The molecule has 1 aromatic heterocycles. The number of nitrogens with one attached hydrogen (secondary N) is 1. The topological polar surface area (TPSA) is 68.2 Å². The van der Waals surface area contributed by atoms with Crippen LogP contribution in [-0.2, 0) is 6.54 Å². The van der Waals surface area contributed by atoms with Crippen molar-refractivity contribution in [2.24, 2.45) is 16.6 Å². The molecular weight excluding hydrogens is 214 g/mol. The highest BCUT2D eigenvalue weighted by Gasteiger charge is 1.95. The van der Waals surface area contributed by atoms with Gasteiger partial charge in [0.2, 0.25) is 0 Å². The van der Waals surface area contributed by atoms with Gasteiger partial charge in [-0.25, -0.2) is 4.98 Å². The number of aromatic nitrogens is 2. The van der Waals surface area contributed by atoms with E-state index in [-0.39, 0.29) is 0 Å². The van der Waals surface area contributed by atoms with Crippen LogP contribution in [0.15, 0.2) is 23.7 Å². The summed E-state index contributed by atoms with van der Waals surface area (Å²) < 4.78 is 2.04. The van der Waals surface area contributed by atoms with Crippen molar-refractivity contribution in [2.75, 3.05) is 13.1 Å². The molecule has 0 bridgehead atoms. The van der Waals surface area contributed by atoms with Crippen LogP contribution in [0.2, 0.25) is 0 Å². The van der Waals surface area contributed by atoms with Crippen LogP contribution < -0.4 is 11.1 Å². The van der Waals surface area contributed by atoms with Crippen LogP contribution in [0.25, 0.3) is 0 Å². The monoisotopic (exact) mass is 237 g/mol. The van der Waals surface area contributed by atoms with Gasteiger partial charge in [0, 0.05) is 32.0 Å². The molecule has 1 aromatic rings. The smallest absolute Gasteiger partial charge is 0.188 e. The van der Waals surface area contributed by atoms with E-state index in [9.17, 15) is 0 Å². The van der Waals surface area contributed by atoms with E-state index in [0.717, 1.165) is 32.5 Å². The van der Waals surface area contributed by atoms with E-state index in [1.165, 1.54) is 0 Å². The lowest BCUT2D eigenvalue weighted by molar-refractivity contribution is 0.576. The number of guanidine groups is 1. The Hall–Kier alpha value is -1.52. The van der Waals surface area contributed by atoms with E-state index < -0.39 is 0 Å². The van der Waals surface area contributed by atoms with E-state index in [0.29, 0.717) is 11.9 Å². The third-order valence-corrected chi connectivity index (χ3v) is 2.44. The van der Waals surface area contributed by atoms with Gasteiger partial charge in [0.25, 0.3) is 0 Å². The second-order valence-corrected chi connectivity index (χ2v) is 4.53. The number of aryl methyl sites for hydroxylation is 1. The lowest BCUT2D eigenvalue weighted by Crippen LogP contribution is -2.33. The molecule has 17 heavy (non-hydrogen) atoms. The number of nitrogens with two attached hydrogens (primary N) is 1. The molecule has 1 rings (SSSR count). The summed E-state index contributed by atoms with van der Waals surface area (Å²) in [6.45, 7) is 6.97. The SMILES string of the molecule is CC(C)CCNC(N)=NCCCn1ccnc1. The van der Waals surface area contributed by atoms with Gasteiger partial charge in [0.1, 0.15) is 0 Å². The molecule has 1 heterocycles. The zero-order chi connectivity index (χ0) is 12.5. The first-order valence-electron chi connectivity index (χ1n) is 6.18. The molecule has 0 fully saturated rings. The standard InChI is InChI=1S/C12H23N5/c1-11(2)4-6-16-12(13)15-5-3-8-17-9-7-14-10-17/h7,9-11H,3-6,8H2,1-2H3,(H3,13,15,16). The summed E-state index contributed by atoms with van der Waals surface area (Å²) >= 11 is 0. The molecule has 0 aromatic carbocycles. The number of aliphatic imine (C=N–C) groups is 1. The normalized spacial score (nSPS) is 12.1. The van der Waals surface area contributed by atoms with Gasteiger partial charge in [-0.3, -0.25) is 4.99 Å². The molecule has 3 N–H and O–H groups in total. The van der Waals surface area contributed by atoms with Crippen LogP contribution in [-0.4, -0.2) is 28.6 Å². The Kier molecular flexibility index (Phi) is 6.14. The van der Waals surface area contributed by atoms with E-state index in [1.54, 1.807) is 6.20 Å². The highest BCUT2D eigenvalue weighted by molar-refractivity contribution is 5.77. The minimum atomic E-state index is 0.552. The largest absolute Gasteiger partial charge is 0.370 e. The van der Waals surface area contributed by atoms with Gasteiger partial charge in [0.15, 0.2) is 5.96 Å². The molecule has 0 atom stereocenters. The maximum absolute atomic E-state index is 5.74.